The summed E-state index contributed by atoms with van der Waals surface area (Å²) in [6.45, 7) is 1.95. The predicted molar refractivity (Wildman–Crippen MR) is 92.4 cm³/mol. The minimum Gasteiger partial charge on any atom is -0.392 e. The predicted octanol–water partition coefficient (Wildman–Crippen LogP) is 1.42. The summed E-state index contributed by atoms with van der Waals surface area (Å²) in [5, 5.41) is 18.6. The number of hydrogen-bond donors (Lipinski definition) is 2. The van der Waals surface area contributed by atoms with Crippen molar-refractivity contribution in [1.82, 2.24) is 9.80 Å². The fourth-order valence-corrected chi connectivity index (χ4v) is 2.96. The van der Waals surface area contributed by atoms with E-state index in [4.69, 9.17) is 5.11 Å². The number of hydrogen-bond acceptors (Lipinski definition) is 4. The summed E-state index contributed by atoms with van der Waals surface area (Å²) in [5.41, 5.74) is 2.89. The second-order valence-corrected chi connectivity index (χ2v) is 5.93. The van der Waals surface area contributed by atoms with E-state index in [-0.39, 0.29) is 12.5 Å². The first-order valence-corrected chi connectivity index (χ1v) is 8.17. The molecule has 2 aromatic carbocycles. The second kappa shape index (κ2) is 7.57. The molecule has 5 nitrogen and oxygen atoms in total. The van der Waals surface area contributed by atoms with Gasteiger partial charge in [0.15, 0.2) is 0 Å². The van der Waals surface area contributed by atoms with Gasteiger partial charge in [-0.1, -0.05) is 42.5 Å². The van der Waals surface area contributed by atoms with Crippen molar-refractivity contribution in [3.63, 3.8) is 0 Å². The number of benzene rings is 2. The number of carbonyl (C=O) groups is 1. The van der Waals surface area contributed by atoms with Crippen molar-refractivity contribution in [3.05, 3.63) is 60.2 Å². The molecule has 0 bridgehead atoms. The summed E-state index contributed by atoms with van der Waals surface area (Å²) in [4.78, 5) is 16.2. The Labute approximate surface area is 141 Å². The SMILES string of the molecule is O=C(c1ccc(-c2ccccc2)cc1)N1CCN(C(O)CO)CC1. The molecule has 3 rings (SSSR count). The van der Waals surface area contributed by atoms with Crippen molar-refractivity contribution in [3.8, 4) is 11.1 Å². The molecular weight excluding hydrogens is 304 g/mol. The minimum absolute atomic E-state index is 0.00718. The molecule has 0 saturated carbocycles. The van der Waals surface area contributed by atoms with Crippen LogP contribution in [0.2, 0.25) is 0 Å². The lowest BCUT2D eigenvalue weighted by Crippen LogP contribution is -2.52. The number of piperazine rings is 1. The lowest BCUT2D eigenvalue weighted by molar-refractivity contribution is -0.0518. The average molecular weight is 326 g/mol. The van der Waals surface area contributed by atoms with Gasteiger partial charge < -0.3 is 15.1 Å². The number of aliphatic hydroxyl groups excluding tert-OH is 2. The summed E-state index contributed by atoms with van der Waals surface area (Å²) in [6.07, 6.45) is -0.840. The monoisotopic (exact) mass is 326 g/mol. The number of rotatable bonds is 4. The van der Waals surface area contributed by atoms with Crippen LogP contribution in [0.25, 0.3) is 11.1 Å². The third-order valence-electron chi connectivity index (χ3n) is 4.43. The standard InChI is InChI=1S/C19H22N2O3/c22-14-18(23)20-10-12-21(13-11-20)19(24)17-8-6-16(7-9-17)15-4-2-1-3-5-15/h1-9,18,22-23H,10-14H2. The van der Waals surface area contributed by atoms with Crippen LogP contribution in [-0.2, 0) is 0 Å². The van der Waals surface area contributed by atoms with E-state index in [0.717, 1.165) is 11.1 Å². The Morgan fingerprint density at radius 1 is 0.917 bits per heavy atom. The first kappa shape index (κ1) is 16.6. The van der Waals surface area contributed by atoms with Gasteiger partial charge in [0, 0.05) is 31.7 Å². The molecule has 0 aliphatic carbocycles. The van der Waals surface area contributed by atoms with Crippen molar-refractivity contribution in [2.45, 2.75) is 6.23 Å². The molecule has 1 fully saturated rings. The molecule has 24 heavy (non-hydrogen) atoms. The number of nitrogens with zero attached hydrogens (tertiary/aromatic N) is 2. The van der Waals surface area contributed by atoms with E-state index in [9.17, 15) is 9.90 Å². The van der Waals surface area contributed by atoms with Gasteiger partial charge in [-0.15, -0.1) is 0 Å². The normalized spacial score (nSPS) is 16.8. The molecule has 1 amide bonds. The minimum atomic E-state index is -0.840. The summed E-state index contributed by atoms with van der Waals surface area (Å²) in [5.74, 6) is 0.00718. The molecule has 0 aromatic heterocycles. The lowest BCUT2D eigenvalue weighted by atomic mass is 10.0. The Morgan fingerprint density at radius 2 is 1.50 bits per heavy atom. The molecular formula is C19H22N2O3. The van der Waals surface area contributed by atoms with Crippen molar-refractivity contribution in [1.29, 1.82) is 0 Å². The van der Waals surface area contributed by atoms with Crippen LogP contribution in [0, 0.1) is 0 Å². The van der Waals surface area contributed by atoms with Gasteiger partial charge in [0.05, 0.1) is 6.61 Å². The quantitative estimate of drug-likeness (QED) is 0.892. The van der Waals surface area contributed by atoms with E-state index in [1.807, 2.05) is 54.6 Å². The first-order valence-electron chi connectivity index (χ1n) is 8.17. The zero-order valence-corrected chi connectivity index (χ0v) is 13.5. The zero-order valence-electron chi connectivity index (χ0n) is 13.5. The second-order valence-electron chi connectivity index (χ2n) is 5.93. The lowest BCUT2D eigenvalue weighted by Gasteiger charge is -2.36. The summed E-state index contributed by atoms with van der Waals surface area (Å²) >= 11 is 0. The van der Waals surface area contributed by atoms with Gasteiger partial charge in [-0.05, 0) is 23.3 Å². The van der Waals surface area contributed by atoms with Gasteiger partial charge in [0.25, 0.3) is 5.91 Å². The fourth-order valence-electron chi connectivity index (χ4n) is 2.96. The van der Waals surface area contributed by atoms with Crippen LogP contribution >= 0.6 is 0 Å². The van der Waals surface area contributed by atoms with E-state index in [2.05, 4.69) is 0 Å². The molecule has 0 radical (unpaired) electrons. The van der Waals surface area contributed by atoms with Crippen molar-refractivity contribution in [2.24, 2.45) is 0 Å². The molecule has 1 aliphatic rings. The largest absolute Gasteiger partial charge is 0.392 e. The van der Waals surface area contributed by atoms with Crippen LogP contribution in [0.3, 0.4) is 0 Å². The fraction of sp³-hybridized carbons (Fsp3) is 0.316. The molecule has 126 valence electrons. The molecule has 0 spiro atoms. The number of carbonyl (C=O) groups excluding carboxylic acids is 1. The van der Waals surface area contributed by atoms with Crippen molar-refractivity contribution < 1.29 is 15.0 Å². The van der Waals surface area contributed by atoms with E-state index >= 15 is 0 Å². The number of amides is 1. The topological polar surface area (TPSA) is 64.0 Å². The average Bonchev–Trinajstić information content (AvgIpc) is 2.68. The van der Waals surface area contributed by atoms with Crippen LogP contribution < -0.4 is 0 Å². The molecule has 2 aromatic rings. The highest BCUT2D eigenvalue weighted by Crippen LogP contribution is 2.20. The van der Waals surface area contributed by atoms with Gasteiger partial charge in [-0.3, -0.25) is 9.69 Å². The van der Waals surface area contributed by atoms with Crippen LogP contribution in [0.5, 0.6) is 0 Å². The smallest absolute Gasteiger partial charge is 0.253 e. The highest BCUT2D eigenvalue weighted by molar-refractivity contribution is 5.94. The third kappa shape index (κ3) is 3.64. The Bertz CT molecular complexity index is 665. The molecule has 5 heteroatoms. The third-order valence-corrected chi connectivity index (χ3v) is 4.43. The van der Waals surface area contributed by atoms with Gasteiger partial charge >= 0.3 is 0 Å². The summed E-state index contributed by atoms with van der Waals surface area (Å²) < 4.78 is 0. The maximum atomic E-state index is 12.6. The highest BCUT2D eigenvalue weighted by Gasteiger charge is 2.25. The zero-order chi connectivity index (χ0) is 16.9. The molecule has 1 aliphatic heterocycles. The highest BCUT2D eigenvalue weighted by atomic mass is 16.3. The molecule has 1 saturated heterocycles. The van der Waals surface area contributed by atoms with Crippen LogP contribution in [-0.4, -0.2) is 64.9 Å². The van der Waals surface area contributed by atoms with Gasteiger partial charge in [-0.2, -0.15) is 0 Å². The maximum absolute atomic E-state index is 12.6. The Balaban J connectivity index is 1.64. The summed E-state index contributed by atoms with van der Waals surface area (Å²) in [6, 6.07) is 17.7. The Kier molecular flexibility index (Phi) is 5.25. The molecule has 1 heterocycles. The number of aliphatic hydroxyl groups is 2. The van der Waals surface area contributed by atoms with Gasteiger partial charge in [0.1, 0.15) is 6.23 Å². The van der Waals surface area contributed by atoms with E-state index in [1.165, 1.54) is 0 Å². The first-order chi connectivity index (χ1) is 11.7. The summed E-state index contributed by atoms with van der Waals surface area (Å²) in [7, 11) is 0. The Morgan fingerprint density at radius 3 is 2.08 bits per heavy atom. The van der Waals surface area contributed by atoms with E-state index in [0.29, 0.717) is 31.7 Å². The van der Waals surface area contributed by atoms with Crippen LogP contribution in [0.15, 0.2) is 54.6 Å². The van der Waals surface area contributed by atoms with Crippen LogP contribution in [0.4, 0.5) is 0 Å². The van der Waals surface area contributed by atoms with Gasteiger partial charge in [-0.25, -0.2) is 0 Å². The van der Waals surface area contributed by atoms with Crippen molar-refractivity contribution in [2.75, 3.05) is 32.8 Å². The van der Waals surface area contributed by atoms with Gasteiger partial charge in [0.2, 0.25) is 0 Å². The maximum Gasteiger partial charge on any atom is 0.253 e. The van der Waals surface area contributed by atoms with Crippen molar-refractivity contribution >= 4 is 5.91 Å². The van der Waals surface area contributed by atoms with Crippen LogP contribution in [0.1, 0.15) is 10.4 Å². The van der Waals surface area contributed by atoms with E-state index < -0.39 is 6.23 Å². The molecule has 2 N–H and O–H groups in total. The van der Waals surface area contributed by atoms with E-state index in [1.54, 1.807) is 9.80 Å². The molecule has 1 atom stereocenters. The molecule has 1 unspecified atom stereocenters. The Hall–Kier alpha value is -2.21.